The van der Waals surface area contributed by atoms with Crippen molar-refractivity contribution in [2.45, 2.75) is 34.1 Å². The topological polar surface area (TPSA) is 31.2 Å². The van der Waals surface area contributed by atoms with E-state index in [-0.39, 0.29) is 5.97 Å². The van der Waals surface area contributed by atoms with Gasteiger partial charge in [0.2, 0.25) is 0 Å². The van der Waals surface area contributed by atoms with Crippen LogP contribution in [-0.2, 0) is 11.2 Å². The summed E-state index contributed by atoms with van der Waals surface area (Å²) in [6.07, 6.45) is 0.889. The highest BCUT2D eigenvalue weighted by Gasteiger charge is 2.23. The van der Waals surface area contributed by atoms with Gasteiger partial charge in [-0.2, -0.15) is 0 Å². The molecular formula is C30H31NO2. The number of benzene rings is 3. The van der Waals surface area contributed by atoms with E-state index in [0.717, 1.165) is 34.5 Å². The van der Waals surface area contributed by atoms with Crippen LogP contribution >= 0.6 is 0 Å². The number of aryl methyl sites for hydroxylation is 2. The zero-order valence-electron chi connectivity index (χ0n) is 20.1. The Morgan fingerprint density at radius 2 is 1.42 bits per heavy atom. The predicted molar refractivity (Wildman–Crippen MR) is 136 cm³/mol. The first-order valence-corrected chi connectivity index (χ1v) is 11.5. The van der Waals surface area contributed by atoms with Crippen molar-refractivity contribution in [2.24, 2.45) is 5.92 Å². The molecule has 1 heterocycles. The normalized spacial score (nSPS) is 11.1. The van der Waals surface area contributed by atoms with Crippen LogP contribution < -0.4 is 0 Å². The van der Waals surface area contributed by atoms with Crippen LogP contribution in [0, 0.1) is 19.8 Å². The van der Waals surface area contributed by atoms with E-state index in [2.05, 4.69) is 86.9 Å². The second-order valence-corrected chi connectivity index (χ2v) is 9.07. The maximum absolute atomic E-state index is 12.7. The monoisotopic (exact) mass is 437 g/mol. The molecule has 4 aromatic rings. The molecule has 33 heavy (non-hydrogen) atoms. The smallest absolute Gasteiger partial charge is 0.339 e. The minimum absolute atomic E-state index is 0.332. The van der Waals surface area contributed by atoms with E-state index in [9.17, 15) is 4.79 Å². The number of hydrogen-bond acceptors (Lipinski definition) is 2. The lowest BCUT2D eigenvalue weighted by Gasteiger charge is -2.18. The van der Waals surface area contributed by atoms with Crippen LogP contribution in [0.4, 0.5) is 0 Å². The first kappa shape index (κ1) is 22.6. The summed E-state index contributed by atoms with van der Waals surface area (Å²) >= 11 is 0. The summed E-state index contributed by atoms with van der Waals surface area (Å²) in [5.74, 6) is 0.127. The first-order chi connectivity index (χ1) is 15.9. The molecule has 0 spiro atoms. The number of para-hydroxylation sites is 1. The quantitative estimate of drug-likeness (QED) is 0.294. The molecule has 3 aromatic carbocycles. The van der Waals surface area contributed by atoms with Gasteiger partial charge in [-0.3, -0.25) is 0 Å². The Kier molecular flexibility index (Phi) is 6.50. The first-order valence-electron chi connectivity index (χ1n) is 11.5. The molecule has 0 aliphatic heterocycles. The summed E-state index contributed by atoms with van der Waals surface area (Å²) in [5.41, 5.74) is 9.55. The van der Waals surface area contributed by atoms with Gasteiger partial charge in [0.05, 0.1) is 24.1 Å². The molecule has 0 atom stereocenters. The minimum Gasteiger partial charge on any atom is -0.465 e. The molecule has 0 bridgehead atoms. The maximum Gasteiger partial charge on any atom is 0.339 e. The number of esters is 1. The van der Waals surface area contributed by atoms with Crippen molar-refractivity contribution in [3.05, 3.63) is 101 Å². The van der Waals surface area contributed by atoms with E-state index >= 15 is 0 Å². The highest BCUT2D eigenvalue weighted by Crippen LogP contribution is 2.39. The molecule has 1 aromatic heterocycles. The fraction of sp³-hybridized carbons (Fsp3) is 0.233. The fourth-order valence-electron chi connectivity index (χ4n) is 4.31. The number of carbonyl (C=O) groups is 1. The van der Waals surface area contributed by atoms with E-state index in [0.29, 0.717) is 11.5 Å². The molecule has 168 valence electrons. The Hall–Kier alpha value is -3.59. The van der Waals surface area contributed by atoms with Crippen LogP contribution in [0.25, 0.3) is 28.1 Å². The molecule has 3 heteroatoms. The zero-order valence-corrected chi connectivity index (χ0v) is 20.1. The third-order valence-corrected chi connectivity index (χ3v) is 5.93. The van der Waals surface area contributed by atoms with Gasteiger partial charge in [0.15, 0.2) is 0 Å². The number of hydrogen-bond donors (Lipinski definition) is 0. The van der Waals surface area contributed by atoms with Gasteiger partial charge < -0.3 is 9.30 Å². The average Bonchev–Trinajstić information content (AvgIpc) is 3.17. The number of nitrogens with zero attached hydrogens (tertiary/aromatic N) is 1. The molecule has 0 N–H and O–H groups in total. The summed E-state index contributed by atoms with van der Waals surface area (Å²) in [6.45, 7) is 8.65. The van der Waals surface area contributed by atoms with Crippen LogP contribution in [0.1, 0.15) is 41.0 Å². The van der Waals surface area contributed by atoms with E-state index in [1.807, 2.05) is 24.3 Å². The van der Waals surface area contributed by atoms with Crippen LogP contribution in [-0.4, -0.2) is 17.6 Å². The van der Waals surface area contributed by atoms with Crippen molar-refractivity contribution in [1.29, 1.82) is 0 Å². The zero-order chi connectivity index (χ0) is 23.5. The minimum atomic E-state index is -0.332. The molecule has 0 aliphatic rings. The Labute approximate surface area is 196 Å². The lowest BCUT2D eigenvalue weighted by Crippen LogP contribution is -2.11. The largest absolute Gasteiger partial charge is 0.465 e. The molecule has 4 rings (SSSR count). The van der Waals surface area contributed by atoms with Gasteiger partial charge in [0.25, 0.3) is 0 Å². The number of aromatic nitrogens is 1. The summed E-state index contributed by atoms with van der Waals surface area (Å²) < 4.78 is 7.39. The number of ether oxygens (including phenoxy) is 1. The summed E-state index contributed by atoms with van der Waals surface area (Å²) in [7, 11) is 1.43. The van der Waals surface area contributed by atoms with Crippen LogP contribution in [0.2, 0.25) is 0 Å². The average molecular weight is 438 g/mol. The molecule has 0 aliphatic carbocycles. The van der Waals surface area contributed by atoms with Crippen molar-refractivity contribution in [1.82, 2.24) is 4.57 Å². The van der Waals surface area contributed by atoms with Gasteiger partial charge in [-0.15, -0.1) is 0 Å². The number of rotatable bonds is 6. The van der Waals surface area contributed by atoms with E-state index < -0.39 is 0 Å². The van der Waals surface area contributed by atoms with E-state index in [1.165, 1.54) is 23.9 Å². The molecular weight excluding hydrogens is 406 g/mol. The molecule has 3 nitrogen and oxygen atoms in total. The van der Waals surface area contributed by atoms with Gasteiger partial charge in [-0.05, 0) is 55.5 Å². The van der Waals surface area contributed by atoms with Crippen LogP contribution in [0.5, 0.6) is 0 Å². The third-order valence-electron chi connectivity index (χ3n) is 5.93. The van der Waals surface area contributed by atoms with Crippen molar-refractivity contribution in [3.8, 4) is 28.1 Å². The van der Waals surface area contributed by atoms with Crippen LogP contribution in [0.15, 0.2) is 78.9 Å². The Balaban J connectivity index is 2.09. The second kappa shape index (κ2) is 9.50. The van der Waals surface area contributed by atoms with Gasteiger partial charge in [0, 0.05) is 11.3 Å². The molecule has 0 saturated carbocycles. The predicted octanol–water partition coefficient (Wildman–Crippen LogP) is 7.41. The SMILES string of the molecule is COC(=O)c1ccccc1-n1c(CC(C)C)cc(-c2ccc(C)cc2)c1-c1ccc(C)cc1. The lowest BCUT2D eigenvalue weighted by atomic mass is 9.99. The molecule has 0 fully saturated rings. The van der Waals surface area contributed by atoms with Crippen molar-refractivity contribution in [3.63, 3.8) is 0 Å². The summed E-state index contributed by atoms with van der Waals surface area (Å²) in [5, 5.41) is 0. The van der Waals surface area contributed by atoms with Crippen molar-refractivity contribution >= 4 is 5.97 Å². The Morgan fingerprint density at radius 1 is 0.848 bits per heavy atom. The van der Waals surface area contributed by atoms with Gasteiger partial charge in [0.1, 0.15) is 0 Å². The van der Waals surface area contributed by atoms with Gasteiger partial charge in [-0.25, -0.2) is 4.79 Å². The molecule has 0 radical (unpaired) electrons. The van der Waals surface area contributed by atoms with Crippen LogP contribution in [0.3, 0.4) is 0 Å². The number of carbonyl (C=O) groups excluding carboxylic acids is 1. The van der Waals surface area contributed by atoms with Crippen molar-refractivity contribution < 1.29 is 9.53 Å². The maximum atomic E-state index is 12.7. The highest BCUT2D eigenvalue weighted by molar-refractivity contribution is 5.95. The molecule has 0 unspecified atom stereocenters. The molecule has 0 amide bonds. The second-order valence-electron chi connectivity index (χ2n) is 9.07. The fourth-order valence-corrected chi connectivity index (χ4v) is 4.31. The van der Waals surface area contributed by atoms with E-state index in [4.69, 9.17) is 4.74 Å². The summed E-state index contributed by atoms with van der Waals surface area (Å²) in [6, 6.07) is 27.3. The molecule has 0 saturated heterocycles. The van der Waals surface area contributed by atoms with Gasteiger partial charge >= 0.3 is 5.97 Å². The van der Waals surface area contributed by atoms with Gasteiger partial charge in [-0.1, -0.05) is 85.6 Å². The van der Waals surface area contributed by atoms with E-state index in [1.54, 1.807) is 0 Å². The van der Waals surface area contributed by atoms with Crippen molar-refractivity contribution in [2.75, 3.05) is 7.11 Å². The Morgan fingerprint density at radius 3 is 2.00 bits per heavy atom. The number of methoxy groups -OCH3 is 1. The summed E-state index contributed by atoms with van der Waals surface area (Å²) in [4.78, 5) is 12.7. The Bertz CT molecular complexity index is 1260. The standard InChI is InChI=1S/C30H31NO2/c1-20(2)18-25-19-27(23-14-10-21(3)11-15-23)29(24-16-12-22(4)13-17-24)31(25)28-9-7-6-8-26(28)30(32)33-5/h6-17,19-20H,18H2,1-5H3. The third kappa shape index (κ3) is 4.63. The highest BCUT2D eigenvalue weighted by atomic mass is 16.5. The lowest BCUT2D eigenvalue weighted by molar-refractivity contribution is 0.0601.